The van der Waals surface area contributed by atoms with Crippen molar-refractivity contribution in [1.82, 2.24) is 0 Å². The van der Waals surface area contributed by atoms with Crippen molar-refractivity contribution >= 4 is 11.8 Å². The van der Waals surface area contributed by atoms with E-state index in [4.69, 9.17) is 14.2 Å². The van der Waals surface area contributed by atoms with Gasteiger partial charge >= 0.3 is 5.97 Å². The van der Waals surface area contributed by atoms with Crippen LogP contribution in [0.15, 0.2) is 18.2 Å². The van der Waals surface area contributed by atoms with Crippen LogP contribution in [-0.2, 0) is 9.53 Å². The lowest BCUT2D eigenvalue weighted by Crippen LogP contribution is -2.29. The summed E-state index contributed by atoms with van der Waals surface area (Å²) in [5.74, 6) is 0.353. The molecule has 0 radical (unpaired) electrons. The summed E-state index contributed by atoms with van der Waals surface area (Å²) in [6, 6.07) is 4.92. The second-order valence-corrected chi connectivity index (χ2v) is 4.57. The molecule has 116 valence electrons. The molecule has 0 aliphatic heterocycles. The molecule has 5 nitrogen and oxygen atoms in total. The van der Waals surface area contributed by atoms with E-state index in [1.165, 1.54) is 14.0 Å². The Kier molecular flexibility index (Phi) is 6.72. The SMILES string of the molecule is CCCC(Oc1cc(OC)ccc1C(C)=O)C(=O)OCC. The largest absolute Gasteiger partial charge is 0.497 e. The van der Waals surface area contributed by atoms with Crippen molar-refractivity contribution in [1.29, 1.82) is 0 Å². The predicted octanol–water partition coefficient (Wildman–Crippen LogP) is 3.01. The van der Waals surface area contributed by atoms with Crippen LogP contribution in [0, 0.1) is 0 Å². The molecule has 1 unspecified atom stereocenters. The van der Waals surface area contributed by atoms with Crippen molar-refractivity contribution in [3.05, 3.63) is 23.8 Å². The van der Waals surface area contributed by atoms with Crippen LogP contribution in [0.25, 0.3) is 0 Å². The molecule has 21 heavy (non-hydrogen) atoms. The van der Waals surface area contributed by atoms with Gasteiger partial charge < -0.3 is 14.2 Å². The van der Waals surface area contributed by atoms with Gasteiger partial charge in [-0.3, -0.25) is 4.79 Å². The van der Waals surface area contributed by atoms with Crippen LogP contribution < -0.4 is 9.47 Å². The normalized spacial score (nSPS) is 11.6. The van der Waals surface area contributed by atoms with Gasteiger partial charge in [0.05, 0.1) is 19.3 Å². The van der Waals surface area contributed by atoms with Crippen molar-refractivity contribution in [2.24, 2.45) is 0 Å². The number of ether oxygens (including phenoxy) is 3. The number of hydrogen-bond donors (Lipinski definition) is 0. The number of Topliss-reactive ketones (excluding diaryl/α,β-unsaturated/α-hetero) is 1. The molecular weight excluding hydrogens is 272 g/mol. The maximum Gasteiger partial charge on any atom is 0.347 e. The van der Waals surface area contributed by atoms with Gasteiger partial charge in [0, 0.05) is 6.07 Å². The molecular formula is C16H22O5. The molecule has 0 heterocycles. The summed E-state index contributed by atoms with van der Waals surface area (Å²) in [4.78, 5) is 23.6. The van der Waals surface area contributed by atoms with Crippen LogP contribution in [0.2, 0.25) is 0 Å². The molecule has 1 atom stereocenters. The third-order valence-electron chi connectivity index (χ3n) is 2.94. The standard InChI is InChI=1S/C16H22O5/c1-5-7-14(16(18)20-6-2)21-15-10-12(19-4)8-9-13(15)11(3)17/h8-10,14H,5-7H2,1-4H3. The topological polar surface area (TPSA) is 61.8 Å². The number of carbonyl (C=O) groups is 2. The molecule has 0 aromatic heterocycles. The number of methoxy groups -OCH3 is 1. The third kappa shape index (κ3) is 4.77. The van der Waals surface area contributed by atoms with Gasteiger partial charge in [-0.1, -0.05) is 13.3 Å². The van der Waals surface area contributed by atoms with E-state index in [0.29, 0.717) is 30.1 Å². The van der Waals surface area contributed by atoms with Gasteiger partial charge in [-0.05, 0) is 32.4 Å². The monoisotopic (exact) mass is 294 g/mol. The van der Waals surface area contributed by atoms with Gasteiger partial charge in [0.1, 0.15) is 11.5 Å². The Hall–Kier alpha value is -2.04. The molecule has 0 aliphatic carbocycles. The molecule has 0 spiro atoms. The molecule has 0 saturated carbocycles. The first-order valence-electron chi connectivity index (χ1n) is 7.05. The Morgan fingerprint density at radius 3 is 2.48 bits per heavy atom. The van der Waals surface area contributed by atoms with Gasteiger partial charge in [-0.25, -0.2) is 4.79 Å². The first-order chi connectivity index (χ1) is 10.0. The minimum absolute atomic E-state index is 0.133. The minimum atomic E-state index is -0.722. The summed E-state index contributed by atoms with van der Waals surface area (Å²) in [5, 5.41) is 0. The lowest BCUT2D eigenvalue weighted by molar-refractivity contribution is -0.151. The summed E-state index contributed by atoms with van der Waals surface area (Å²) in [5.41, 5.74) is 0.418. The first kappa shape index (κ1) is 17.0. The fraction of sp³-hybridized carbons (Fsp3) is 0.500. The Morgan fingerprint density at radius 1 is 1.24 bits per heavy atom. The van der Waals surface area contributed by atoms with Crippen molar-refractivity contribution < 1.29 is 23.8 Å². The van der Waals surface area contributed by atoms with Crippen molar-refractivity contribution in [2.45, 2.75) is 39.7 Å². The fourth-order valence-electron chi connectivity index (χ4n) is 1.89. The highest BCUT2D eigenvalue weighted by Crippen LogP contribution is 2.27. The van der Waals surface area contributed by atoms with Crippen molar-refractivity contribution in [2.75, 3.05) is 13.7 Å². The number of hydrogen-bond acceptors (Lipinski definition) is 5. The second kappa shape index (κ2) is 8.29. The zero-order valence-electron chi connectivity index (χ0n) is 13.0. The second-order valence-electron chi connectivity index (χ2n) is 4.57. The summed E-state index contributed by atoms with van der Waals surface area (Å²) < 4.78 is 15.9. The van der Waals surface area contributed by atoms with Crippen molar-refractivity contribution in [3.63, 3.8) is 0 Å². The van der Waals surface area contributed by atoms with Gasteiger partial charge in [-0.2, -0.15) is 0 Å². The summed E-state index contributed by atoms with van der Waals surface area (Å²) >= 11 is 0. The molecule has 0 N–H and O–H groups in total. The van der Waals surface area contributed by atoms with Crippen molar-refractivity contribution in [3.8, 4) is 11.5 Å². The Balaban J connectivity index is 3.05. The van der Waals surface area contributed by atoms with E-state index in [9.17, 15) is 9.59 Å². The molecule has 0 bridgehead atoms. The van der Waals surface area contributed by atoms with Crippen LogP contribution in [0.5, 0.6) is 11.5 Å². The van der Waals surface area contributed by atoms with Gasteiger partial charge in [0.15, 0.2) is 11.9 Å². The van der Waals surface area contributed by atoms with E-state index in [-0.39, 0.29) is 5.78 Å². The van der Waals surface area contributed by atoms with E-state index in [1.54, 1.807) is 25.1 Å². The maximum atomic E-state index is 11.9. The Morgan fingerprint density at radius 2 is 1.95 bits per heavy atom. The molecule has 1 rings (SSSR count). The van der Waals surface area contributed by atoms with Gasteiger partial charge in [0.2, 0.25) is 0 Å². The minimum Gasteiger partial charge on any atom is -0.497 e. The summed E-state index contributed by atoms with van der Waals surface area (Å²) in [7, 11) is 1.53. The van der Waals surface area contributed by atoms with Crippen LogP contribution in [-0.4, -0.2) is 31.6 Å². The Labute approximate surface area is 125 Å². The highest BCUT2D eigenvalue weighted by Gasteiger charge is 2.23. The number of carbonyl (C=O) groups excluding carboxylic acids is 2. The molecule has 1 aromatic rings. The van der Waals surface area contributed by atoms with E-state index in [1.807, 2.05) is 6.92 Å². The van der Waals surface area contributed by atoms with E-state index in [2.05, 4.69) is 0 Å². The quantitative estimate of drug-likeness (QED) is 0.545. The highest BCUT2D eigenvalue weighted by molar-refractivity contribution is 5.97. The lowest BCUT2D eigenvalue weighted by Gasteiger charge is -2.19. The number of benzene rings is 1. The smallest absolute Gasteiger partial charge is 0.347 e. The number of esters is 1. The van der Waals surface area contributed by atoms with Crippen LogP contribution in [0.4, 0.5) is 0 Å². The highest BCUT2D eigenvalue weighted by atomic mass is 16.6. The summed E-state index contributed by atoms with van der Waals surface area (Å²) in [6.45, 7) is 5.44. The average Bonchev–Trinajstić information content (AvgIpc) is 2.46. The third-order valence-corrected chi connectivity index (χ3v) is 2.94. The molecule has 0 saturated heterocycles. The average molecular weight is 294 g/mol. The fourth-order valence-corrected chi connectivity index (χ4v) is 1.89. The van der Waals surface area contributed by atoms with Crippen LogP contribution >= 0.6 is 0 Å². The van der Waals surface area contributed by atoms with E-state index >= 15 is 0 Å². The Bertz CT molecular complexity index is 495. The molecule has 0 amide bonds. The maximum absolute atomic E-state index is 11.9. The van der Waals surface area contributed by atoms with E-state index in [0.717, 1.165) is 6.42 Å². The zero-order chi connectivity index (χ0) is 15.8. The first-order valence-corrected chi connectivity index (χ1v) is 7.05. The number of rotatable bonds is 8. The van der Waals surface area contributed by atoms with E-state index < -0.39 is 12.1 Å². The van der Waals surface area contributed by atoms with Gasteiger partial charge in [0.25, 0.3) is 0 Å². The molecule has 5 heteroatoms. The zero-order valence-corrected chi connectivity index (χ0v) is 13.0. The van der Waals surface area contributed by atoms with Crippen LogP contribution in [0.1, 0.15) is 44.0 Å². The molecule has 0 fully saturated rings. The molecule has 0 aliphatic rings. The molecule has 1 aromatic carbocycles. The van der Waals surface area contributed by atoms with Gasteiger partial charge in [-0.15, -0.1) is 0 Å². The predicted molar refractivity (Wildman–Crippen MR) is 79.0 cm³/mol. The lowest BCUT2D eigenvalue weighted by atomic mass is 10.1. The van der Waals surface area contributed by atoms with Crippen LogP contribution in [0.3, 0.4) is 0 Å². The number of ketones is 1. The summed E-state index contributed by atoms with van der Waals surface area (Å²) in [6.07, 6.45) is 0.566.